The minimum Gasteiger partial charge on any atom is -0.486 e. The van der Waals surface area contributed by atoms with E-state index in [1.165, 1.54) is 11.8 Å². The van der Waals surface area contributed by atoms with Crippen LogP contribution in [0.1, 0.15) is 5.82 Å². The van der Waals surface area contributed by atoms with Gasteiger partial charge in [-0.15, -0.1) is 0 Å². The Labute approximate surface area is 163 Å². The maximum Gasteiger partial charge on any atom is 0.258 e. The summed E-state index contributed by atoms with van der Waals surface area (Å²) >= 11 is 7.25. The van der Waals surface area contributed by atoms with E-state index in [2.05, 4.69) is 15.0 Å². The summed E-state index contributed by atoms with van der Waals surface area (Å²) in [5.74, 6) is 2.22. The molecule has 2 aromatic carbocycles. The Kier molecular flexibility index (Phi) is 4.91. The van der Waals surface area contributed by atoms with Crippen molar-refractivity contribution < 1.29 is 9.47 Å². The number of ether oxygens (including phenoxy) is 2. The van der Waals surface area contributed by atoms with Crippen LogP contribution in [-0.2, 0) is 5.75 Å². The smallest absolute Gasteiger partial charge is 0.258 e. The van der Waals surface area contributed by atoms with E-state index >= 15 is 0 Å². The van der Waals surface area contributed by atoms with E-state index in [0.717, 1.165) is 0 Å². The minimum absolute atomic E-state index is 0.213. The second-order valence-electron chi connectivity index (χ2n) is 5.74. The largest absolute Gasteiger partial charge is 0.486 e. The molecule has 0 fully saturated rings. The number of rotatable bonds is 3. The lowest BCUT2D eigenvalue weighted by Crippen LogP contribution is -2.15. The molecular weight excluding hydrogens is 388 g/mol. The molecule has 0 saturated carbocycles. The molecular formula is C18H15ClN4O3S. The summed E-state index contributed by atoms with van der Waals surface area (Å²) in [6.07, 6.45) is 0. The van der Waals surface area contributed by atoms with Crippen molar-refractivity contribution in [2.24, 2.45) is 10.7 Å². The summed E-state index contributed by atoms with van der Waals surface area (Å²) in [4.78, 5) is 23.7. The van der Waals surface area contributed by atoms with Crippen LogP contribution in [-0.4, -0.2) is 28.3 Å². The van der Waals surface area contributed by atoms with Crippen LogP contribution >= 0.6 is 23.4 Å². The summed E-state index contributed by atoms with van der Waals surface area (Å²) in [7, 11) is 0. The zero-order chi connectivity index (χ0) is 18.8. The van der Waals surface area contributed by atoms with Gasteiger partial charge in [0.25, 0.3) is 5.56 Å². The van der Waals surface area contributed by atoms with Gasteiger partial charge >= 0.3 is 0 Å². The number of halogens is 1. The number of fused-ring (bicyclic) bond motifs is 2. The fourth-order valence-corrected chi connectivity index (χ4v) is 3.39. The molecule has 0 saturated heterocycles. The normalized spacial score (nSPS) is 13.7. The number of aliphatic imine (C=N–C) groups is 1. The molecule has 27 heavy (non-hydrogen) atoms. The average Bonchev–Trinajstić information content (AvgIpc) is 2.66. The lowest BCUT2D eigenvalue weighted by molar-refractivity contribution is 0.171. The first-order chi connectivity index (χ1) is 13.1. The van der Waals surface area contributed by atoms with E-state index in [1.807, 2.05) is 0 Å². The molecule has 4 rings (SSSR count). The second-order valence-corrected chi connectivity index (χ2v) is 7.17. The number of amidine groups is 1. The Balaban J connectivity index is 1.50. The van der Waals surface area contributed by atoms with Gasteiger partial charge in [-0.05, 0) is 30.3 Å². The van der Waals surface area contributed by atoms with E-state index in [1.54, 1.807) is 36.4 Å². The zero-order valence-electron chi connectivity index (χ0n) is 14.1. The Morgan fingerprint density at radius 3 is 2.89 bits per heavy atom. The molecule has 3 N–H and O–H groups in total. The molecule has 0 bridgehead atoms. The van der Waals surface area contributed by atoms with Crippen LogP contribution in [0.15, 0.2) is 46.2 Å². The van der Waals surface area contributed by atoms with E-state index in [4.69, 9.17) is 26.8 Å². The zero-order valence-corrected chi connectivity index (χ0v) is 15.6. The third-order valence-corrected chi connectivity index (χ3v) is 4.88. The van der Waals surface area contributed by atoms with E-state index in [0.29, 0.717) is 63.1 Å². The number of hydrogen-bond acceptors (Lipinski definition) is 6. The van der Waals surface area contributed by atoms with Crippen molar-refractivity contribution in [2.45, 2.75) is 5.75 Å². The van der Waals surface area contributed by atoms with E-state index in [9.17, 15) is 4.79 Å². The minimum atomic E-state index is -0.213. The van der Waals surface area contributed by atoms with Gasteiger partial charge in [-0.3, -0.25) is 4.79 Å². The Bertz CT molecular complexity index is 1100. The molecule has 9 heteroatoms. The van der Waals surface area contributed by atoms with Gasteiger partial charge < -0.3 is 20.2 Å². The molecule has 1 aliphatic heterocycles. The highest BCUT2D eigenvalue weighted by molar-refractivity contribution is 8.13. The summed E-state index contributed by atoms with van der Waals surface area (Å²) in [5, 5.41) is 1.37. The molecule has 0 atom stereocenters. The van der Waals surface area contributed by atoms with Crippen molar-refractivity contribution >= 4 is 45.1 Å². The number of nitrogens with one attached hydrogen (secondary N) is 1. The first-order valence-electron chi connectivity index (χ1n) is 8.13. The van der Waals surface area contributed by atoms with Crippen LogP contribution in [0.2, 0.25) is 5.02 Å². The molecule has 3 aromatic rings. The standard InChI is InChI=1S/C18H15ClN4O3S/c19-10-1-3-12-13(7-10)22-16(23-17(12)24)9-27-18(20)21-11-2-4-14-15(8-11)26-6-5-25-14/h1-4,7-8H,5-6,9H2,(H2,20,21)(H,22,23,24). The van der Waals surface area contributed by atoms with Crippen molar-refractivity contribution in [1.29, 1.82) is 0 Å². The molecule has 0 aliphatic carbocycles. The number of thioether (sulfide) groups is 1. The number of hydrogen-bond donors (Lipinski definition) is 2. The Morgan fingerprint density at radius 1 is 1.22 bits per heavy atom. The number of benzene rings is 2. The van der Waals surface area contributed by atoms with Crippen LogP contribution < -0.4 is 20.8 Å². The van der Waals surface area contributed by atoms with Gasteiger partial charge in [0.2, 0.25) is 0 Å². The summed E-state index contributed by atoms with van der Waals surface area (Å²) in [5.41, 5.74) is 7.00. The van der Waals surface area contributed by atoms with Crippen LogP contribution in [0, 0.1) is 0 Å². The van der Waals surface area contributed by atoms with Crippen molar-refractivity contribution in [3.05, 3.63) is 57.6 Å². The fraction of sp³-hybridized carbons (Fsp3) is 0.167. The topological polar surface area (TPSA) is 103 Å². The second kappa shape index (κ2) is 7.50. The van der Waals surface area contributed by atoms with Crippen LogP contribution in [0.3, 0.4) is 0 Å². The maximum absolute atomic E-state index is 12.1. The molecule has 2 heterocycles. The lowest BCUT2D eigenvalue weighted by atomic mass is 10.2. The Morgan fingerprint density at radius 2 is 2.04 bits per heavy atom. The van der Waals surface area contributed by atoms with E-state index < -0.39 is 0 Å². The van der Waals surface area contributed by atoms with Gasteiger partial charge in [0.15, 0.2) is 16.7 Å². The highest BCUT2D eigenvalue weighted by atomic mass is 35.5. The third-order valence-electron chi connectivity index (χ3n) is 3.84. The third kappa shape index (κ3) is 4.01. The molecule has 0 amide bonds. The van der Waals surface area contributed by atoms with Crippen molar-refractivity contribution in [2.75, 3.05) is 13.2 Å². The summed E-state index contributed by atoms with van der Waals surface area (Å²) in [6.45, 7) is 1.05. The molecule has 0 unspecified atom stereocenters. The maximum atomic E-state index is 12.1. The number of nitrogens with two attached hydrogens (primary N) is 1. The van der Waals surface area contributed by atoms with Crippen LogP contribution in [0.5, 0.6) is 11.5 Å². The van der Waals surface area contributed by atoms with Gasteiger partial charge in [0.05, 0.1) is 22.3 Å². The van der Waals surface area contributed by atoms with Crippen LogP contribution in [0.25, 0.3) is 10.9 Å². The predicted molar refractivity (Wildman–Crippen MR) is 107 cm³/mol. The van der Waals surface area contributed by atoms with Gasteiger partial charge in [0.1, 0.15) is 19.0 Å². The number of H-pyrrole nitrogens is 1. The molecule has 0 radical (unpaired) electrons. The average molecular weight is 403 g/mol. The van der Waals surface area contributed by atoms with Crippen molar-refractivity contribution in [3.8, 4) is 11.5 Å². The van der Waals surface area contributed by atoms with E-state index in [-0.39, 0.29) is 5.56 Å². The summed E-state index contributed by atoms with van der Waals surface area (Å²) in [6, 6.07) is 10.4. The first-order valence-corrected chi connectivity index (χ1v) is 9.50. The van der Waals surface area contributed by atoms with Crippen molar-refractivity contribution in [1.82, 2.24) is 9.97 Å². The Hall–Kier alpha value is -2.71. The quantitative estimate of drug-likeness (QED) is 0.515. The number of aromatic amines is 1. The highest BCUT2D eigenvalue weighted by Gasteiger charge is 2.12. The first kappa shape index (κ1) is 17.7. The van der Waals surface area contributed by atoms with Gasteiger partial charge in [-0.25, -0.2) is 9.98 Å². The van der Waals surface area contributed by atoms with Gasteiger partial charge in [-0.1, -0.05) is 23.4 Å². The monoisotopic (exact) mass is 402 g/mol. The molecule has 7 nitrogen and oxygen atoms in total. The molecule has 0 spiro atoms. The lowest BCUT2D eigenvalue weighted by Gasteiger charge is -2.18. The number of aromatic nitrogens is 2. The SMILES string of the molecule is NC(=Nc1ccc2c(c1)OCCO2)SCc1nc2cc(Cl)ccc2c(=O)[nH]1. The summed E-state index contributed by atoms with van der Waals surface area (Å²) < 4.78 is 11.0. The predicted octanol–water partition coefficient (Wildman–Crippen LogP) is 3.23. The van der Waals surface area contributed by atoms with Crippen molar-refractivity contribution in [3.63, 3.8) is 0 Å². The molecule has 138 valence electrons. The van der Waals surface area contributed by atoms with Crippen LogP contribution in [0.4, 0.5) is 5.69 Å². The van der Waals surface area contributed by atoms with Gasteiger partial charge in [0, 0.05) is 11.1 Å². The highest BCUT2D eigenvalue weighted by Crippen LogP contribution is 2.33. The van der Waals surface area contributed by atoms with Gasteiger partial charge in [-0.2, -0.15) is 0 Å². The fourth-order valence-electron chi connectivity index (χ4n) is 2.63. The molecule has 1 aromatic heterocycles. The molecule has 1 aliphatic rings. The number of nitrogens with zero attached hydrogens (tertiary/aromatic N) is 2.